The summed E-state index contributed by atoms with van der Waals surface area (Å²) in [5, 5.41) is 0. The van der Waals surface area contributed by atoms with E-state index in [0.29, 0.717) is 5.92 Å². The highest BCUT2D eigenvalue weighted by Gasteiger charge is 2.56. The highest BCUT2D eigenvalue weighted by molar-refractivity contribution is 5.79. The van der Waals surface area contributed by atoms with E-state index in [4.69, 9.17) is 0 Å². The second kappa shape index (κ2) is 3.45. The zero-order valence-electron chi connectivity index (χ0n) is 13.6. The van der Waals surface area contributed by atoms with Crippen LogP contribution in [0.3, 0.4) is 0 Å². The first-order valence-electron chi connectivity index (χ1n) is 8.26. The molecule has 2 aromatic rings. The number of fused-ring (bicyclic) bond motifs is 2. The van der Waals surface area contributed by atoms with Crippen LogP contribution in [0.2, 0.25) is 0 Å². The topological polar surface area (TPSA) is 3.88 Å². The molecule has 0 N–H and O–H groups in total. The Hall–Kier alpha value is -1.70. The molecular weight excluding hydrogens is 273 g/mol. The molecule has 1 unspecified atom stereocenters. The minimum atomic E-state index is -0.107. The van der Waals surface area contributed by atoms with Crippen molar-refractivity contribution in [2.75, 3.05) is 0 Å². The van der Waals surface area contributed by atoms with Crippen molar-refractivity contribution in [3.63, 3.8) is 0 Å². The van der Waals surface area contributed by atoms with Gasteiger partial charge in [-0.25, -0.2) is 4.39 Å². The number of nitrogens with zero attached hydrogens (tertiary/aromatic N) is 1. The predicted octanol–water partition coefficient (Wildman–Crippen LogP) is 4.20. The van der Waals surface area contributed by atoms with Crippen LogP contribution in [0.5, 0.6) is 0 Å². The van der Waals surface area contributed by atoms with Crippen molar-refractivity contribution in [3.8, 4) is 11.3 Å². The van der Waals surface area contributed by atoms with Crippen LogP contribution in [0, 0.1) is 5.82 Å². The number of hydrogen-bond acceptors (Lipinski definition) is 0. The van der Waals surface area contributed by atoms with Gasteiger partial charge in [0.25, 0.3) is 0 Å². The SMILES string of the molecule is CC1(C)c2cc(F)c3c4c2-c2cc(cc[n+]2C1(C)C)CCC34. The molecule has 2 heteroatoms. The Morgan fingerprint density at radius 1 is 1.14 bits per heavy atom. The van der Waals surface area contributed by atoms with Crippen molar-refractivity contribution < 1.29 is 8.96 Å². The Morgan fingerprint density at radius 3 is 2.68 bits per heavy atom. The van der Waals surface area contributed by atoms with Crippen molar-refractivity contribution >= 4 is 0 Å². The van der Waals surface area contributed by atoms with E-state index in [1.807, 2.05) is 6.07 Å². The number of aryl methyl sites for hydroxylation is 1. The summed E-state index contributed by atoms with van der Waals surface area (Å²) in [6.45, 7) is 9.05. The van der Waals surface area contributed by atoms with Gasteiger partial charge in [0.2, 0.25) is 5.69 Å². The van der Waals surface area contributed by atoms with Crippen LogP contribution < -0.4 is 4.57 Å². The van der Waals surface area contributed by atoms with E-state index in [0.717, 1.165) is 18.4 Å². The predicted molar refractivity (Wildman–Crippen MR) is 84.5 cm³/mol. The highest BCUT2D eigenvalue weighted by Crippen LogP contribution is 2.59. The Bertz CT molecular complexity index is 860. The summed E-state index contributed by atoms with van der Waals surface area (Å²) in [5.41, 5.74) is 7.28. The fourth-order valence-corrected chi connectivity index (χ4v) is 4.67. The van der Waals surface area contributed by atoms with Gasteiger partial charge in [0.15, 0.2) is 11.7 Å². The third kappa shape index (κ3) is 1.21. The van der Waals surface area contributed by atoms with E-state index in [9.17, 15) is 4.39 Å². The van der Waals surface area contributed by atoms with Crippen LogP contribution in [0.4, 0.5) is 4.39 Å². The van der Waals surface area contributed by atoms with E-state index in [1.54, 1.807) is 0 Å². The van der Waals surface area contributed by atoms with Gasteiger partial charge < -0.3 is 0 Å². The van der Waals surface area contributed by atoms with Crippen LogP contribution in [0.15, 0.2) is 24.4 Å². The van der Waals surface area contributed by atoms with Gasteiger partial charge in [-0.3, -0.25) is 0 Å². The molecule has 0 fully saturated rings. The van der Waals surface area contributed by atoms with E-state index in [1.165, 1.54) is 27.9 Å². The molecule has 2 bridgehead atoms. The largest absolute Gasteiger partial charge is 0.213 e. The summed E-state index contributed by atoms with van der Waals surface area (Å²) in [6, 6.07) is 6.42. The van der Waals surface area contributed by atoms with Gasteiger partial charge in [0.1, 0.15) is 5.82 Å². The number of benzene rings is 1. The van der Waals surface area contributed by atoms with Crippen LogP contribution in [0.1, 0.15) is 62.3 Å². The summed E-state index contributed by atoms with van der Waals surface area (Å²) in [7, 11) is 0. The fraction of sp³-hybridized carbons (Fsp3) is 0.450. The van der Waals surface area contributed by atoms with Gasteiger partial charge in [0, 0.05) is 37.5 Å². The molecule has 5 rings (SSSR count). The molecule has 2 aliphatic carbocycles. The molecule has 112 valence electrons. The molecule has 22 heavy (non-hydrogen) atoms. The third-order valence-corrected chi connectivity index (χ3v) is 6.77. The first-order valence-corrected chi connectivity index (χ1v) is 8.26. The molecule has 1 atom stereocenters. The van der Waals surface area contributed by atoms with Crippen molar-refractivity contribution in [1.82, 2.24) is 0 Å². The third-order valence-electron chi connectivity index (χ3n) is 6.77. The van der Waals surface area contributed by atoms with Crippen molar-refractivity contribution in [1.29, 1.82) is 0 Å². The molecule has 1 aromatic heterocycles. The Kier molecular flexibility index (Phi) is 2.01. The zero-order chi connectivity index (χ0) is 15.4. The van der Waals surface area contributed by atoms with Crippen LogP contribution in [-0.2, 0) is 17.4 Å². The standard InChI is InChI=1S/C20H21FN/c1-19(2)13-10-14(21)16-12-6-5-11-7-8-22(20(19,3)4)15(9-11)18(13)17(12)16/h7-10,12H,5-6H2,1-4H3/q+1. The summed E-state index contributed by atoms with van der Waals surface area (Å²) in [5.74, 6) is 0.374. The molecule has 0 saturated carbocycles. The molecule has 1 nitrogen and oxygen atoms in total. The van der Waals surface area contributed by atoms with Crippen molar-refractivity contribution in [2.24, 2.45) is 0 Å². The van der Waals surface area contributed by atoms with E-state index in [-0.39, 0.29) is 16.8 Å². The first kappa shape index (κ1) is 12.8. The van der Waals surface area contributed by atoms with E-state index < -0.39 is 0 Å². The molecule has 0 amide bonds. The van der Waals surface area contributed by atoms with Crippen molar-refractivity contribution in [2.45, 2.75) is 57.4 Å². The highest BCUT2D eigenvalue weighted by atomic mass is 19.1. The van der Waals surface area contributed by atoms with Crippen molar-refractivity contribution in [3.05, 3.63) is 52.5 Å². The Labute approximate surface area is 130 Å². The average molecular weight is 294 g/mol. The van der Waals surface area contributed by atoms with Gasteiger partial charge >= 0.3 is 0 Å². The number of hydrogen-bond donors (Lipinski definition) is 0. The van der Waals surface area contributed by atoms with E-state index in [2.05, 4.69) is 50.6 Å². The normalized spacial score (nSPS) is 24.5. The monoisotopic (exact) mass is 294 g/mol. The minimum absolute atomic E-state index is 0.0195. The number of halogens is 1. The fourth-order valence-electron chi connectivity index (χ4n) is 4.67. The van der Waals surface area contributed by atoms with Crippen LogP contribution >= 0.6 is 0 Å². The summed E-state index contributed by atoms with van der Waals surface area (Å²) >= 11 is 0. The number of aromatic nitrogens is 1. The maximum Gasteiger partial charge on any atom is 0.213 e. The molecule has 0 spiro atoms. The van der Waals surface area contributed by atoms with Crippen LogP contribution in [-0.4, -0.2) is 0 Å². The minimum Gasteiger partial charge on any atom is -0.207 e. The lowest BCUT2D eigenvalue weighted by atomic mass is 9.65. The second-order valence-electron chi connectivity index (χ2n) is 8.17. The molecule has 3 aliphatic rings. The van der Waals surface area contributed by atoms with Gasteiger partial charge in [-0.05, 0) is 49.4 Å². The maximum atomic E-state index is 14.6. The zero-order valence-corrected chi connectivity index (χ0v) is 13.6. The molecule has 1 aliphatic heterocycles. The summed E-state index contributed by atoms with van der Waals surface area (Å²) < 4.78 is 17.0. The van der Waals surface area contributed by atoms with Gasteiger partial charge in [0.05, 0.1) is 11.0 Å². The molecular formula is C20H21FN+. The lowest BCUT2D eigenvalue weighted by Crippen LogP contribution is -2.65. The van der Waals surface area contributed by atoms with E-state index >= 15 is 0 Å². The second-order valence-corrected chi connectivity index (χ2v) is 8.17. The quantitative estimate of drug-likeness (QED) is 0.641. The lowest BCUT2D eigenvalue weighted by molar-refractivity contribution is -0.760. The van der Waals surface area contributed by atoms with Gasteiger partial charge in [-0.15, -0.1) is 0 Å². The lowest BCUT2D eigenvalue weighted by Gasteiger charge is -2.42. The molecule has 0 saturated heterocycles. The summed E-state index contributed by atoms with van der Waals surface area (Å²) in [6.07, 6.45) is 4.34. The molecule has 1 aromatic carbocycles. The Morgan fingerprint density at radius 2 is 1.91 bits per heavy atom. The smallest absolute Gasteiger partial charge is 0.207 e. The number of pyridine rings is 1. The van der Waals surface area contributed by atoms with Gasteiger partial charge in [-0.1, -0.05) is 0 Å². The summed E-state index contributed by atoms with van der Waals surface area (Å²) in [4.78, 5) is 0. The Balaban J connectivity index is 1.98. The number of rotatable bonds is 0. The molecule has 2 heterocycles. The average Bonchev–Trinajstić information content (AvgIpc) is 3.16. The first-order chi connectivity index (χ1) is 10.3. The maximum absolute atomic E-state index is 14.6. The van der Waals surface area contributed by atoms with Crippen LogP contribution in [0.25, 0.3) is 11.3 Å². The molecule has 0 radical (unpaired) electrons. The van der Waals surface area contributed by atoms with Gasteiger partial charge in [-0.2, -0.15) is 4.57 Å².